The van der Waals surface area contributed by atoms with Crippen molar-refractivity contribution >= 4 is 28.9 Å². The van der Waals surface area contributed by atoms with Crippen molar-refractivity contribution < 1.29 is 14.3 Å². The largest absolute Gasteiger partial charge is 0.465 e. The molecule has 5 nitrogen and oxygen atoms in total. The number of nitrogens with zero attached hydrogens (tertiary/aromatic N) is 2. The Bertz CT molecular complexity index is 644. The van der Waals surface area contributed by atoms with Gasteiger partial charge in [-0.3, -0.25) is 9.59 Å². The van der Waals surface area contributed by atoms with Crippen molar-refractivity contribution in [2.45, 2.75) is 13.5 Å². The Labute approximate surface area is 146 Å². The van der Waals surface area contributed by atoms with Gasteiger partial charge in [-0.05, 0) is 41.4 Å². The van der Waals surface area contributed by atoms with E-state index in [1.165, 1.54) is 4.90 Å². The van der Waals surface area contributed by atoms with Gasteiger partial charge >= 0.3 is 5.97 Å². The molecule has 6 heteroatoms. The molecule has 0 saturated heterocycles. The summed E-state index contributed by atoms with van der Waals surface area (Å²) in [6.45, 7) is 2.88. The lowest BCUT2D eigenvalue weighted by Gasteiger charge is -2.26. The van der Waals surface area contributed by atoms with Crippen molar-refractivity contribution in [1.29, 1.82) is 0 Å². The molecule has 1 aromatic heterocycles. The summed E-state index contributed by atoms with van der Waals surface area (Å²) in [5, 5.41) is 4.09. The molecule has 0 N–H and O–H groups in total. The number of anilines is 1. The van der Waals surface area contributed by atoms with E-state index in [2.05, 4.69) is 5.38 Å². The zero-order valence-electron chi connectivity index (χ0n) is 14.0. The number of ether oxygens (including phenoxy) is 1. The number of carbonyl (C=O) groups excluding carboxylic acids is 2. The topological polar surface area (TPSA) is 49.9 Å². The first-order chi connectivity index (χ1) is 11.6. The summed E-state index contributed by atoms with van der Waals surface area (Å²) >= 11 is 1.63. The highest BCUT2D eigenvalue weighted by atomic mass is 32.1. The van der Waals surface area contributed by atoms with Crippen molar-refractivity contribution in [2.24, 2.45) is 0 Å². The Morgan fingerprint density at radius 2 is 1.88 bits per heavy atom. The van der Waals surface area contributed by atoms with E-state index in [0.29, 0.717) is 13.2 Å². The maximum absolute atomic E-state index is 12.5. The van der Waals surface area contributed by atoms with E-state index in [9.17, 15) is 9.59 Å². The zero-order valence-corrected chi connectivity index (χ0v) is 14.8. The standard InChI is InChI=1S/C18H22N2O3S/c1-3-23-18(22)13-19(2)17(21)12-20(11-15-9-10-24-14-15)16-7-5-4-6-8-16/h4-10,14H,3,11-13H2,1-2H3. The molecule has 1 amide bonds. The summed E-state index contributed by atoms with van der Waals surface area (Å²) in [6.07, 6.45) is 0. The minimum absolute atomic E-state index is 0.0340. The molecule has 0 radical (unpaired) electrons. The summed E-state index contributed by atoms with van der Waals surface area (Å²) in [7, 11) is 1.62. The fraction of sp³-hybridized carbons (Fsp3) is 0.333. The fourth-order valence-corrected chi connectivity index (χ4v) is 2.91. The molecule has 1 heterocycles. The highest BCUT2D eigenvalue weighted by Gasteiger charge is 2.18. The Morgan fingerprint density at radius 1 is 1.12 bits per heavy atom. The molecule has 0 atom stereocenters. The van der Waals surface area contributed by atoms with Crippen molar-refractivity contribution in [1.82, 2.24) is 4.90 Å². The maximum Gasteiger partial charge on any atom is 0.325 e. The van der Waals surface area contributed by atoms with E-state index in [-0.39, 0.29) is 19.0 Å². The number of rotatable bonds is 8. The monoisotopic (exact) mass is 346 g/mol. The van der Waals surface area contributed by atoms with E-state index in [1.807, 2.05) is 46.7 Å². The first kappa shape index (κ1) is 18.0. The Kier molecular flexibility index (Phi) is 6.81. The minimum atomic E-state index is -0.391. The average Bonchev–Trinajstić information content (AvgIpc) is 3.08. The average molecular weight is 346 g/mol. The molecule has 0 saturated carbocycles. The predicted molar refractivity (Wildman–Crippen MR) is 96.1 cm³/mol. The number of carbonyl (C=O) groups is 2. The number of benzene rings is 1. The lowest BCUT2D eigenvalue weighted by Crippen LogP contribution is -2.40. The van der Waals surface area contributed by atoms with Gasteiger partial charge in [-0.2, -0.15) is 11.3 Å². The van der Waals surface area contributed by atoms with E-state index in [0.717, 1.165) is 11.3 Å². The SMILES string of the molecule is CCOC(=O)CN(C)C(=O)CN(Cc1ccsc1)c1ccccc1. The molecular formula is C18H22N2O3S. The molecule has 2 aromatic rings. The molecule has 0 bridgehead atoms. The second kappa shape index (κ2) is 9.08. The van der Waals surface area contributed by atoms with Crippen molar-refractivity contribution in [3.63, 3.8) is 0 Å². The molecule has 0 aliphatic rings. The molecule has 0 aliphatic heterocycles. The third-order valence-electron chi connectivity index (χ3n) is 3.50. The van der Waals surface area contributed by atoms with E-state index >= 15 is 0 Å². The van der Waals surface area contributed by atoms with Crippen molar-refractivity contribution in [3.8, 4) is 0 Å². The van der Waals surface area contributed by atoms with Gasteiger partial charge in [-0.25, -0.2) is 0 Å². The van der Waals surface area contributed by atoms with Gasteiger partial charge in [-0.1, -0.05) is 18.2 Å². The smallest absolute Gasteiger partial charge is 0.325 e. The number of hydrogen-bond donors (Lipinski definition) is 0. The van der Waals surface area contributed by atoms with Crippen LogP contribution in [-0.2, 0) is 20.9 Å². The van der Waals surface area contributed by atoms with Crippen molar-refractivity contribution in [3.05, 3.63) is 52.7 Å². The van der Waals surface area contributed by atoms with E-state index < -0.39 is 5.97 Å². The number of hydrogen-bond acceptors (Lipinski definition) is 5. The van der Waals surface area contributed by atoms with Crippen LogP contribution in [-0.4, -0.2) is 43.5 Å². The second-order valence-corrected chi connectivity index (χ2v) is 6.16. The van der Waals surface area contributed by atoms with Crippen LogP contribution in [0.4, 0.5) is 5.69 Å². The summed E-state index contributed by atoms with van der Waals surface area (Å²) in [5.74, 6) is -0.514. The fourth-order valence-electron chi connectivity index (χ4n) is 2.25. The number of likely N-dealkylation sites (N-methyl/N-ethyl adjacent to an activating group) is 1. The van der Waals surface area contributed by atoms with Gasteiger partial charge in [0, 0.05) is 19.3 Å². The third-order valence-corrected chi connectivity index (χ3v) is 4.23. The van der Waals surface area contributed by atoms with Gasteiger partial charge in [0.15, 0.2) is 0 Å². The van der Waals surface area contributed by atoms with Crippen LogP contribution in [0, 0.1) is 0 Å². The summed E-state index contributed by atoms with van der Waals surface area (Å²) in [4.78, 5) is 27.4. The van der Waals surface area contributed by atoms with Gasteiger partial charge < -0.3 is 14.5 Å². The van der Waals surface area contributed by atoms with E-state index in [1.54, 1.807) is 25.3 Å². The quantitative estimate of drug-likeness (QED) is 0.690. The predicted octanol–water partition coefficient (Wildman–Crippen LogP) is 2.78. The van der Waals surface area contributed by atoms with Gasteiger partial charge in [0.2, 0.25) is 5.91 Å². The zero-order chi connectivity index (χ0) is 17.4. The molecule has 2 rings (SSSR count). The van der Waals surface area contributed by atoms with Crippen LogP contribution in [0.25, 0.3) is 0 Å². The molecule has 128 valence electrons. The molecule has 24 heavy (non-hydrogen) atoms. The van der Waals surface area contributed by atoms with Crippen LogP contribution in [0.15, 0.2) is 47.2 Å². The van der Waals surface area contributed by atoms with E-state index in [4.69, 9.17) is 4.74 Å². The number of amides is 1. The first-order valence-corrected chi connectivity index (χ1v) is 8.75. The molecular weight excluding hydrogens is 324 g/mol. The molecule has 0 spiro atoms. The minimum Gasteiger partial charge on any atom is -0.465 e. The Morgan fingerprint density at radius 3 is 2.50 bits per heavy atom. The second-order valence-electron chi connectivity index (χ2n) is 5.38. The van der Waals surface area contributed by atoms with Crippen LogP contribution >= 0.6 is 11.3 Å². The lowest BCUT2D eigenvalue weighted by molar-refractivity contribution is -0.147. The summed E-state index contributed by atoms with van der Waals surface area (Å²) in [5.41, 5.74) is 2.13. The first-order valence-electron chi connectivity index (χ1n) is 7.80. The summed E-state index contributed by atoms with van der Waals surface area (Å²) in [6, 6.07) is 11.8. The molecule has 0 aliphatic carbocycles. The highest BCUT2D eigenvalue weighted by molar-refractivity contribution is 7.07. The number of esters is 1. The highest BCUT2D eigenvalue weighted by Crippen LogP contribution is 2.18. The molecule has 0 unspecified atom stereocenters. The van der Waals surface area contributed by atoms with Crippen molar-refractivity contribution in [2.75, 3.05) is 31.6 Å². The van der Waals surface area contributed by atoms with Crippen LogP contribution in [0.2, 0.25) is 0 Å². The number of thiophene rings is 1. The normalized spacial score (nSPS) is 10.2. The number of para-hydroxylation sites is 1. The molecule has 1 aromatic carbocycles. The van der Waals surface area contributed by atoms with Gasteiger partial charge in [-0.15, -0.1) is 0 Å². The lowest BCUT2D eigenvalue weighted by atomic mass is 10.2. The Hall–Kier alpha value is -2.34. The van der Waals surface area contributed by atoms with Crippen LogP contribution in [0.3, 0.4) is 0 Å². The Balaban J connectivity index is 2.04. The summed E-state index contributed by atoms with van der Waals surface area (Å²) < 4.78 is 4.89. The third kappa shape index (κ3) is 5.38. The van der Waals surface area contributed by atoms with Gasteiger partial charge in [0.1, 0.15) is 6.54 Å². The van der Waals surface area contributed by atoms with Crippen LogP contribution in [0.5, 0.6) is 0 Å². The van der Waals surface area contributed by atoms with Crippen LogP contribution < -0.4 is 4.90 Å². The van der Waals surface area contributed by atoms with Crippen LogP contribution in [0.1, 0.15) is 12.5 Å². The van der Waals surface area contributed by atoms with Gasteiger partial charge in [0.25, 0.3) is 0 Å². The molecule has 0 fully saturated rings. The van der Waals surface area contributed by atoms with Gasteiger partial charge in [0.05, 0.1) is 13.2 Å². The maximum atomic E-state index is 12.5.